The summed E-state index contributed by atoms with van der Waals surface area (Å²) in [5.41, 5.74) is 0. The predicted octanol–water partition coefficient (Wildman–Crippen LogP) is 1.42. The molecule has 0 aliphatic carbocycles. The molecule has 0 bridgehead atoms. The maximum absolute atomic E-state index is 10.1. The van der Waals surface area contributed by atoms with E-state index in [0.717, 1.165) is 19.3 Å². The maximum Gasteiger partial charge on any atom is 0.140 e. The van der Waals surface area contributed by atoms with Gasteiger partial charge in [0.15, 0.2) is 0 Å². The average molecular weight is 164 g/mol. The molecule has 0 aliphatic heterocycles. The second kappa shape index (κ2) is 5.71. The number of hydrogen-bond donors (Lipinski definition) is 1. The summed E-state index contributed by atoms with van der Waals surface area (Å²) in [5, 5.41) is 0. The fourth-order valence-electron chi connectivity index (χ4n) is 0.963. The Bertz CT molecular complexity index is 133. The van der Waals surface area contributed by atoms with Gasteiger partial charge in [0.2, 0.25) is 0 Å². The molecule has 0 aromatic carbocycles. The lowest BCUT2D eigenvalue weighted by Gasteiger charge is -2.05. The molecule has 0 N–H and O–H groups in total. The van der Waals surface area contributed by atoms with E-state index < -0.39 is 10.7 Å². The van der Waals surface area contributed by atoms with Crippen molar-refractivity contribution in [3.05, 3.63) is 0 Å². The lowest BCUT2D eigenvalue weighted by Crippen LogP contribution is -1.98. The van der Waals surface area contributed by atoms with Crippen molar-refractivity contribution in [1.29, 1.82) is 0 Å². The number of thiol groups is 1. The van der Waals surface area contributed by atoms with Crippen molar-refractivity contribution in [2.75, 3.05) is 5.75 Å². The first-order valence-electron chi connectivity index (χ1n) is 3.78. The lowest BCUT2D eigenvalue weighted by atomic mass is 10.0. The van der Waals surface area contributed by atoms with Crippen LogP contribution < -0.4 is 0 Å². The molecule has 0 spiro atoms. The molecule has 3 heteroatoms. The minimum Gasteiger partial charge on any atom is -0.232 e. The van der Waals surface area contributed by atoms with Crippen molar-refractivity contribution in [3.63, 3.8) is 0 Å². The molecule has 0 saturated heterocycles. The van der Waals surface area contributed by atoms with Gasteiger partial charge in [-0.3, -0.25) is 0 Å². The largest absolute Gasteiger partial charge is 0.232 e. The van der Waals surface area contributed by atoms with Gasteiger partial charge >= 0.3 is 0 Å². The van der Waals surface area contributed by atoms with Crippen LogP contribution in [-0.4, -0.2) is 14.2 Å². The van der Waals surface area contributed by atoms with Gasteiger partial charge in [-0.1, -0.05) is 26.7 Å². The summed E-state index contributed by atoms with van der Waals surface area (Å²) in [6.45, 7) is 4.22. The first kappa shape index (κ1) is 9.95. The van der Waals surface area contributed by atoms with E-state index in [0.29, 0.717) is 11.7 Å². The highest BCUT2D eigenvalue weighted by atomic mass is 32.2. The number of hydrogen-bond acceptors (Lipinski definition) is 2. The molecule has 0 saturated carbocycles. The predicted molar refractivity (Wildman–Crippen MR) is 43.9 cm³/mol. The van der Waals surface area contributed by atoms with E-state index in [1.54, 1.807) is 0 Å². The van der Waals surface area contributed by atoms with Crippen LogP contribution in [0.3, 0.4) is 0 Å². The summed E-state index contributed by atoms with van der Waals surface area (Å²) in [6, 6.07) is 0. The van der Waals surface area contributed by atoms with Crippen molar-refractivity contribution in [1.82, 2.24) is 0 Å². The summed E-state index contributed by atoms with van der Waals surface area (Å²) < 4.78 is 20.3. The Balaban J connectivity index is 3.29. The number of rotatable bonds is 5. The van der Waals surface area contributed by atoms with E-state index in [4.69, 9.17) is 0 Å². The quantitative estimate of drug-likeness (QED) is 0.624. The molecular formula is C7H16O2S. The molecule has 0 amide bonds. The minimum atomic E-state index is -2.14. The summed E-state index contributed by atoms with van der Waals surface area (Å²) in [6.07, 6.45) is 3.12. The summed E-state index contributed by atoms with van der Waals surface area (Å²) in [7, 11) is -2.14. The smallest absolute Gasteiger partial charge is 0.140 e. The average Bonchev–Trinajstić information content (AvgIpc) is 1.85. The molecule has 0 aromatic rings. The fourth-order valence-corrected chi connectivity index (χ4v) is 1.61. The van der Waals surface area contributed by atoms with Crippen LogP contribution in [0.25, 0.3) is 0 Å². The van der Waals surface area contributed by atoms with Gasteiger partial charge in [-0.05, 0) is 12.3 Å². The van der Waals surface area contributed by atoms with E-state index in [-0.39, 0.29) is 0 Å². The molecule has 0 heterocycles. The molecule has 62 valence electrons. The molecule has 0 aliphatic rings. The molecule has 0 aromatic heterocycles. The van der Waals surface area contributed by atoms with Crippen molar-refractivity contribution in [2.45, 2.75) is 33.1 Å². The Morgan fingerprint density at radius 1 is 1.30 bits per heavy atom. The van der Waals surface area contributed by atoms with E-state index in [2.05, 4.69) is 13.8 Å². The molecule has 1 atom stereocenters. The second-order valence-corrected chi connectivity index (χ2v) is 3.85. The molecule has 10 heavy (non-hydrogen) atoms. The Morgan fingerprint density at radius 3 is 2.30 bits per heavy atom. The van der Waals surface area contributed by atoms with Gasteiger partial charge in [0.25, 0.3) is 0 Å². The summed E-state index contributed by atoms with van der Waals surface area (Å²) in [4.78, 5) is 0. The zero-order valence-electron chi connectivity index (χ0n) is 6.67. The van der Waals surface area contributed by atoms with Crippen LogP contribution in [0.4, 0.5) is 0 Å². The van der Waals surface area contributed by atoms with Crippen LogP contribution >= 0.6 is 0 Å². The third-order valence-electron chi connectivity index (χ3n) is 1.59. The summed E-state index contributed by atoms with van der Waals surface area (Å²) >= 11 is 0. The topological polar surface area (TPSA) is 34.1 Å². The molecule has 1 unspecified atom stereocenters. The Hall–Kier alpha value is -0.0500. The highest BCUT2D eigenvalue weighted by Crippen LogP contribution is 2.08. The van der Waals surface area contributed by atoms with Gasteiger partial charge in [0, 0.05) is 5.75 Å². The third-order valence-corrected chi connectivity index (χ3v) is 2.21. The molecule has 0 radical (unpaired) electrons. The molecule has 2 nitrogen and oxygen atoms in total. The van der Waals surface area contributed by atoms with Crippen molar-refractivity contribution < 1.29 is 8.42 Å². The van der Waals surface area contributed by atoms with Crippen molar-refractivity contribution >= 4 is 10.7 Å². The van der Waals surface area contributed by atoms with Gasteiger partial charge < -0.3 is 0 Å². The SMILES string of the molecule is CCCC(C)CC[SH](=O)=O. The van der Waals surface area contributed by atoms with Crippen LogP contribution in [0.5, 0.6) is 0 Å². The fraction of sp³-hybridized carbons (Fsp3) is 1.00. The van der Waals surface area contributed by atoms with Crippen molar-refractivity contribution in [2.24, 2.45) is 5.92 Å². The Morgan fingerprint density at radius 2 is 1.90 bits per heavy atom. The van der Waals surface area contributed by atoms with Gasteiger partial charge in [-0.25, -0.2) is 8.42 Å². The van der Waals surface area contributed by atoms with Gasteiger partial charge in [0.1, 0.15) is 10.7 Å². The van der Waals surface area contributed by atoms with E-state index in [1.807, 2.05) is 0 Å². The monoisotopic (exact) mass is 164 g/mol. The van der Waals surface area contributed by atoms with E-state index in [9.17, 15) is 8.42 Å². The van der Waals surface area contributed by atoms with Crippen LogP contribution in [0.1, 0.15) is 33.1 Å². The first-order chi connectivity index (χ1) is 4.66. The van der Waals surface area contributed by atoms with Crippen LogP contribution in [0.15, 0.2) is 0 Å². The Labute approximate surface area is 64.6 Å². The molecule has 0 fully saturated rings. The Kier molecular flexibility index (Phi) is 5.69. The zero-order chi connectivity index (χ0) is 7.98. The maximum atomic E-state index is 10.1. The third kappa shape index (κ3) is 6.08. The van der Waals surface area contributed by atoms with Crippen LogP contribution in [-0.2, 0) is 10.7 Å². The first-order valence-corrected chi connectivity index (χ1v) is 5.15. The van der Waals surface area contributed by atoms with Gasteiger partial charge in [-0.2, -0.15) is 0 Å². The summed E-state index contributed by atoms with van der Waals surface area (Å²) in [5.74, 6) is 0.925. The highest BCUT2D eigenvalue weighted by Gasteiger charge is 1.99. The normalized spacial score (nSPS) is 13.9. The molecule has 0 rings (SSSR count). The van der Waals surface area contributed by atoms with E-state index >= 15 is 0 Å². The lowest BCUT2D eigenvalue weighted by molar-refractivity contribution is 0.506. The highest BCUT2D eigenvalue weighted by molar-refractivity contribution is 7.72. The van der Waals surface area contributed by atoms with E-state index in [1.165, 1.54) is 0 Å². The second-order valence-electron chi connectivity index (χ2n) is 2.74. The standard InChI is InChI=1S/C7H16O2S/c1-3-4-7(2)5-6-10(8)9/h7,10H,3-6H2,1-2H3. The zero-order valence-corrected chi connectivity index (χ0v) is 7.56. The molecular weight excluding hydrogens is 148 g/mol. The van der Waals surface area contributed by atoms with Crippen LogP contribution in [0, 0.1) is 5.92 Å². The van der Waals surface area contributed by atoms with Crippen molar-refractivity contribution in [3.8, 4) is 0 Å². The van der Waals surface area contributed by atoms with Crippen LogP contribution in [0.2, 0.25) is 0 Å². The van der Waals surface area contributed by atoms with Gasteiger partial charge in [0.05, 0.1) is 0 Å². The minimum absolute atomic E-state index is 0.358. The van der Waals surface area contributed by atoms with Gasteiger partial charge in [-0.15, -0.1) is 0 Å².